The number of aliphatic hydroxyl groups excluding tert-OH is 1. The van der Waals surface area contributed by atoms with Crippen molar-refractivity contribution >= 4 is 11.9 Å². The smallest absolute Gasteiger partial charge is 0.328 e. The van der Waals surface area contributed by atoms with Crippen molar-refractivity contribution in [2.24, 2.45) is 5.84 Å². The fourth-order valence-corrected chi connectivity index (χ4v) is 2.27. The van der Waals surface area contributed by atoms with Crippen molar-refractivity contribution in [3.8, 4) is 0 Å². The summed E-state index contributed by atoms with van der Waals surface area (Å²) in [6.07, 6.45) is 0.466. The van der Waals surface area contributed by atoms with E-state index in [2.05, 4.69) is 0 Å². The summed E-state index contributed by atoms with van der Waals surface area (Å²) in [6.45, 7) is 0. The Morgan fingerprint density at radius 3 is 1.62 bits per heavy atom. The molecule has 7 heteroatoms. The Morgan fingerprint density at radius 1 is 0.885 bits per heavy atom. The van der Waals surface area contributed by atoms with Crippen LogP contribution in [-0.2, 0) is 9.59 Å². The minimum absolute atomic E-state index is 0.256. The quantitative estimate of drug-likeness (QED) is 0.353. The average molecular weight is 358 g/mol. The van der Waals surface area contributed by atoms with Gasteiger partial charge in [0.2, 0.25) is 0 Å². The molecule has 0 spiro atoms. The van der Waals surface area contributed by atoms with E-state index in [9.17, 15) is 14.7 Å². The van der Waals surface area contributed by atoms with Crippen LogP contribution >= 0.6 is 0 Å². The second kappa shape index (κ2) is 10.8. The van der Waals surface area contributed by atoms with Crippen molar-refractivity contribution in [2.75, 3.05) is 7.05 Å². The molecule has 0 bridgehead atoms. The molecule has 1 unspecified atom stereocenters. The molecule has 7 nitrogen and oxygen atoms in total. The summed E-state index contributed by atoms with van der Waals surface area (Å²) in [6, 6.07) is 19.1. The number of benzene rings is 2. The number of aliphatic carboxylic acids is 2. The molecule has 0 radical (unpaired) electrons. The highest BCUT2D eigenvalue weighted by molar-refractivity contribution is 5.89. The summed E-state index contributed by atoms with van der Waals surface area (Å²) < 4.78 is 0. The zero-order valence-corrected chi connectivity index (χ0v) is 14.3. The number of carboxylic acid groups (broad SMARTS) is 2. The van der Waals surface area contributed by atoms with Gasteiger partial charge in [-0.25, -0.2) is 14.6 Å². The SMILES string of the molecule is CN(N)[C@H](c1ccccc1)C(O)c1ccccc1.O=C(O)/C=C\C(=O)O. The van der Waals surface area contributed by atoms with E-state index < -0.39 is 18.0 Å². The lowest BCUT2D eigenvalue weighted by molar-refractivity contribution is -0.134. The summed E-state index contributed by atoms with van der Waals surface area (Å²) in [5.41, 5.74) is 1.86. The summed E-state index contributed by atoms with van der Waals surface area (Å²) in [7, 11) is 1.77. The molecule has 0 fully saturated rings. The lowest BCUT2D eigenvalue weighted by Gasteiger charge is -2.29. The molecule has 2 rings (SSSR count). The summed E-state index contributed by atoms with van der Waals surface area (Å²) in [5, 5.41) is 27.7. The Balaban J connectivity index is 0.000000359. The van der Waals surface area contributed by atoms with Crippen molar-refractivity contribution in [3.63, 3.8) is 0 Å². The largest absolute Gasteiger partial charge is 0.478 e. The van der Waals surface area contributed by atoms with Gasteiger partial charge in [0.05, 0.1) is 12.1 Å². The van der Waals surface area contributed by atoms with Gasteiger partial charge < -0.3 is 15.3 Å². The van der Waals surface area contributed by atoms with E-state index in [4.69, 9.17) is 16.1 Å². The van der Waals surface area contributed by atoms with E-state index in [1.54, 1.807) is 12.1 Å². The maximum atomic E-state index is 10.5. The normalized spacial score (nSPS) is 12.9. The number of hydrogen-bond donors (Lipinski definition) is 4. The van der Waals surface area contributed by atoms with Crippen molar-refractivity contribution in [3.05, 3.63) is 83.9 Å². The van der Waals surface area contributed by atoms with Gasteiger partial charge >= 0.3 is 11.9 Å². The lowest BCUT2D eigenvalue weighted by atomic mass is 9.95. The highest BCUT2D eigenvalue weighted by atomic mass is 16.4. The van der Waals surface area contributed by atoms with Crippen LogP contribution in [0.4, 0.5) is 0 Å². The van der Waals surface area contributed by atoms with E-state index >= 15 is 0 Å². The molecule has 0 aliphatic rings. The molecule has 5 N–H and O–H groups in total. The summed E-state index contributed by atoms with van der Waals surface area (Å²) >= 11 is 0. The van der Waals surface area contributed by atoms with E-state index in [0.717, 1.165) is 11.1 Å². The minimum Gasteiger partial charge on any atom is -0.478 e. The Bertz CT molecular complexity index is 701. The van der Waals surface area contributed by atoms with Crippen LogP contribution in [0.25, 0.3) is 0 Å². The van der Waals surface area contributed by atoms with Crippen molar-refractivity contribution < 1.29 is 24.9 Å². The molecule has 0 saturated heterocycles. The highest BCUT2D eigenvalue weighted by Crippen LogP contribution is 2.31. The van der Waals surface area contributed by atoms with Crippen LogP contribution in [0.5, 0.6) is 0 Å². The van der Waals surface area contributed by atoms with Crippen LogP contribution in [0.1, 0.15) is 23.3 Å². The molecule has 2 atom stereocenters. The number of hydrogen-bond acceptors (Lipinski definition) is 5. The van der Waals surface area contributed by atoms with Gasteiger partial charge in [-0.3, -0.25) is 5.84 Å². The van der Waals surface area contributed by atoms with Crippen molar-refractivity contribution in [2.45, 2.75) is 12.1 Å². The molecular weight excluding hydrogens is 336 g/mol. The third kappa shape index (κ3) is 7.27. The number of nitrogens with two attached hydrogens (primary N) is 1. The molecule has 2 aromatic carbocycles. The summed E-state index contributed by atoms with van der Waals surface area (Å²) in [4.78, 5) is 19.1. The van der Waals surface area contributed by atoms with E-state index in [1.807, 2.05) is 60.7 Å². The van der Waals surface area contributed by atoms with Crippen molar-refractivity contribution in [1.29, 1.82) is 0 Å². The number of likely N-dealkylation sites (N-methyl/N-ethyl adjacent to an activating group) is 1. The molecule has 26 heavy (non-hydrogen) atoms. The molecule has 0 amide bonds. The lowest BCUT2D eigenvalue weighted by Crippen LogP contribution is -2.35. The third-order valence-corrected chi connectivity index (χ3v) is 3.39. The zero-order valence-electron chi connectivity index (χ0n) is 14.3. The standard InChI is InChI=1S/C15H18N2O.C4H4O4/c1-17(16)14(12-8-4-2-5-9-12)15(18)13-10-6-3-7-11-13;5-3(6)1-2-4(7)8/h2-11,14-15,18H,16H2,1H3;1-2H,(H,5,6)(H,7,8)/b;2-1-/t14-,15?;/m1./s1. The minimum atomic E-state index is -1.26. The van der Waals surface area contributed by atoms with E-state index in [0.29, 0.717) is 12.2 Å². The second-order valence-corrected chi connectivity index (χ2v) is 5.39. The van der Waals surface area contributed by atoms with Gasteiger partial charge in [0, 0.05) is 19.2 Å². The highest BCUT2D eigenvalue weighted by Gasteiger charge is 2.24. The van der Waals surface area contributed by atoms with E-state index in [-0.39, 0.29) is 6.04 Å². The molecule has 2 aromatic rings. The molecule has 138 valence electrons. The first-order valence-electron chi connectivity index (χ1n) is 7.72. The maximum absolute atomic E-state index is 10.5. The topological polar surface area (TPSA) is 124 Å². The number of nitrogens with zero attached hydrogens (tertiary/aromatic N) is 1. The maximum Gasteiger partial charge on any atom is 0.328 e. The Labute approximate surface area is 151 Å². The second-order valence-electron chi connectivity index (χ2n) is 5.39. The first kappa shape index (κ1) is 21.0. The Hall–Kier alpha value is -3.00. The van der Waals surface area contributed by atoms with Gasteiger partial charge in [0.1, 0.15) is 0 Å². The van der Waals surface area contributed by atoms with Gasteiger partial charge in [-0.15, -0.1) is 0 Å². The average Bonchev–Trinajstić information content (AvgIpc) is 2.62. The fraction of sp³-hybridized carbons (Fsp3) is 0.158. The predicted molar refractivity (Wildman–Crippen MR) is 96.9 cm³/mol. The van der Waals surface area contributed by atoms with Gasteiger partial charge in [0.15, 0.2) is 0 Å². The molecule has 0 aliphatic heterocycles. The van der Waals surface area contributed by atoms with Crippen molar-refractivity contribution in [1.82, 2.24) is 5.01 Å². The van der Waals surface area contributed by atoms with Gasteiger partial charge in [-0.2, -0.15) is 0 Å². The predicted octanol–water partition coefficient (Wildman–Crippen LogP) is 1.98. The number of rotatable bonds is 6. The molecule has 0 aromatic heterocycles. The number of carboxylic acids is 2. The van der Waals surface area contributed by atoms with Crippen LogP contribution in [0, 0.1) is 0 Å². The van der Waals surface area contributed by atoms with E-state index in [1.165, 1.54) is 0 Å². The zero-order chi connectivity index (χ0) is 19.5. The Morgan fingerprint density at radius 2 is 1.27 bits per heavy atom. The summed E-state index contributed by atoms with van der Waals surface area (Å²) in [5.74, 6) is 3.37. The molecule has 0 aliphatic carbocycles. The van der Waals surface area contributed by atoms with Gasteiger partial charge in [-0.05, 0) is 11.1 Å². The monoisotopic (exact) mass is 358 g/mol. The third-order valence-electron chi connectivity index (χ3n) is 3.39. The molecular formula is C19H22N2O5. The van der Waals surface area contributed by atoms with Crippen LogP contribution < -0.4 is 5.84 Å². The number of carbonyl (C=O) groups is 2. The van der Waals surface area contributed by atoms with Crippen LogP contribution in [0.2, 0.25) is 0 Å². The van der Waals surface area contributed by atoms with Crippen LogP contribution in [0.3, 0.4) is 0 Å². The first-order valence-corrected chi connectivity index (χ1v) is 7.72. The van der Waals surface area contributed by atoms with Crippen LogP contribution in [-0.4, -0.2) is 39.3 Å². The Kier molecular flexibility index (Phi) is 8.72. The first-order chi connectivity index (χ1) is 12.3. The molecule has 0 heterocycles. The fourth-order valence-electron chi connectivity index (χ4n) is 2.27. The van der Waals surface area contributed by atoms with Gasteiger partial charge in [0.25, 0.3) is 0 Å². The number of hydrazine groups is 1. The van der Waals surface area contributed by atoms with Crippen LogP contribution in [0.15, 0.2) is 72.8 Å². The molecule has 0 saturated carbocycles. The number of aliphatic hydroxyl groups is 1. The van der Waals surface area contributed by atoms with Gasteiger partial charge in [-0.1, -0.05) is 60.7 Å².